The lowest BCUT2D eigenvalue weighted by atomic mass is 10.1. The maximum Gasteiger partial charge on any atom is 0.266 e. The van der Waals surface area contributed by atoms with Gasteiger partial charge < -0.3 is 24.8 Å². The molecule has 35 heavy (non-hydrogen) atoms. The van der Waals surface area contributed by atoms with Crippen molar-refractivity contribution in [3.8, 4) is 23.3 Å². The number of benzene rings is 3. The second kappa shape index (κ2) is 12.1. The Morgan fingerprint density at radius 3 is 2.29 bits per heavy atom. The predicted octanol–water partition coefficient (Wildman–Crippen LogP) is 4.92. The molecular formula is C26H22ClN3O5. The van der Waals surface area contributed by atoms with Gasteiger partial charge in [-0.05, 0) is 48.0 Å². The Balaban J connectivity index is 1.69. The van der Waals surface area contributed by atoms with E-state index in [1.807, 2.05) is 6.07 Å². The van der Waals surface area contributed by atoms with Gasteiger partial charge in [0.05, 0.1) is 30.6 Å². The molecule has 0 saturated heterocycles. The zero-order valence-electron chi connectivity index (χ0n) is 19.0. The average molecular weight is 492 g/mol. The van der Waals surface area contributed by atoms with Crippen LogP contribution >= 0.6 is 11.6 Å². The second-order valence-corrected chi connectivity index (χ2v) is 7.46. The van der Waals surface area contributed by atoms with Crippen molar-refractivity contribution < 1.29 is 23.8 Å². The highest BCUT2D eigenvalue weighted by Crippen LogP contribution is 2.29. The van der Waals surface area contributed by atoms with Crippen molar-refractivity contribution in [2.24, 2.45) is 0 Å². The van der Waals surface area contributed by atoms with Gasteiger partial charge in [0.1, 0.15) is 17.4 Å². The third-order valence-electron chi connectivity index (χ3n) is 4.73. The highest BCUT2D eigenvalue weighted by Gasteiger charge is 2.14. The van der Waals surface area contributed by atoms with Crippen LogP contribution in [0.2, 0.25) is 5.02 Å². The second-order valence-electron chi connectivity index (χ2n) is 7.05. The Morgan fingerprint density at radius 1 is 0.914 bits per heavy atom. The number of rotatable bonds is 9. The fraction of sp³-hybridized carbons (Fsp3) is 0.115. The predicted molar refractivity (Wildman–Crippen MR) is 134 cm³/mol. The Morgan fingerprint density at radius 2 is 1.60 bits per heavy atom. The Kier molecular flexibility index (Phi) is 8.70. The molecule has 0 bridgehead atoms. The fourth-order valence-corrected chi connectivity index (χ4v) is 3.22. The van der Waals surface area contributed by atoms with Crippen molar-refractivity contribution >= 4 is 40.9 Å². The minimum absolute atomic E-state index is 0.128. The van der Waals surface area contributed by atoms with E-state index in [1.54, 1.807) is 66.7 Å². The molecule has 0 radical (unpaired) electrons. The number of nitrogens with zero attached hydrogens (tertiary/aromatic N) is 1. The summed E-state index contributed by atoms with van der Waals surface area (Å²) in [4.78, 5) is 24.8. The summed E-state index contributed by atoms with van der Waals surface area (Å²) in [6.07, 6.45) is 1.41. The molecule has 0 unspecified atom stereocenters. The summed E-state index contributed by atoms with van der Waals surface area (Å²) in [5.41, 5.74) is 1.32. The quantitative estimate of drug-likeness (QED) is 0.325. The third-order valence-corrected chi connectivity index (χ3v) is 5.06. The fourth-order valence-electron chi connectivity index (χ4n) is 3.04. The summed E-state index contributed by atoms with van der Waals surface area (Å²) in [7, 11) is 2.96. The first kappa shape index (κ1) is 25.1. The maximum atomic E-state index is 12.5. The zero-order chi connectivity index (χ0) is 25.2. The van der Waals surface area contributed by atoms with Crippen molar-refractivity contribution in [1.82, 2.24) is 0 Å². The van der Waals surface area contributed by atoms with Crippen molar-refractivity contribution in [2.75, 3.05) is 31.5 Å². The normalized spacial score (nSPS) is 10.6. The molecule has 2 amide bonds. The molecule has 2 N–H and O–H groups in total. The summed E-state index contributed by atoms with van der Waals surface area (Å²) < 4.78 is 16.2. The highest BCUT2D eigenvalue weighted by atomic mass is 35.5. The SMILES string of the molecule is COc1ccccc1NC(=O)COc1ccc(C=C(C#N)C(=O)Nc2ccccc2Cl)cc1OC. The van der Waals surface area contributed by atoms with E-state index in [0.29, 0.717) is 39.2 Å². The molecule has 0 saturated carbocycles. The number of nitriles is 1. The Hall–Kier alpha value is -4.48. The molecule has 8 nitrogen and oxygen atoms in total. The van der Waals surface area contributed by atoms with E-state index in [0.717, 1.165) is 0 Å². The number of carbonyl (C=O) groups excluding carboxylic acids is 2. The number of halogens is 1. The van der Waals surface area contributed by atoms with Crippen LogP contribution in [0.5, 0.6) is 17.2 Å². The maximum absolute atomic E-state index is 12.5. The van der Waals surface area contributed by atoms with Gasteiger partial charge in [0.15, 0.2) is 18.1 Å². The highest BCUT2D eigenvalue weighted by molar-refractivity contribution is 6.34. The number of hydrogen-bond acceptors (Lipinski definition) is 6. The minimum atomic E-state index is -0.604. The van der Waals surface area contributed by atoms with Crippen LogP contribution in [-0.4, -0.2) is 32.6 Å². The number of carbonyl (C=O) groups is 2. The smallest absolute Gasteiger partial charge is 0.266 e. The van der Waals surface area contributed by atoms with Gasteiger partial charge in [-0.3, -0.25) is 9.59 Å². The van der Waals surface area contributed by atoms with E-state index in [1.165, 1.54) is 20.3 Å². The first-order chi connectivity index (χ1) is 16.9. The van der Waals surface area contributed by atoms with Crippen molar-refractivity contribution in [3.05, 3.63) is 82.9 Å². The number of anilines is 2. The lowest BCUT2D eigenvalue weighted by molar-refractivity contribution is -0.118. The van der Waals surface area contributed by atoms with Crippen LogP contribution < -0.4 is 24.8 Å². The number of nitrogens with one attached hydrogen (secondary N) is 2. The molecule has 0 aromatic heterocycles. The van der Waals surface area contributed by atoms with Crippen LogP contribution in [-0.2, 0) is 9.59 Å². The third kappa shape index (κ3) is 6.76. The molecule has 0 aliphatic heterocycles. The summed E-state index contributed by atoms with van der Waals surface area (Å²) in [6, 6.07) is 20.4. The van der Waals surface area contributed by atoms with Gasteiger partial charge in [-0.2, -0.15) is 5.26 Å². The van der Waals surface area contributed by atoms with Crippen molar-refractivity contribution in [3.63, 3.8) is 0 Å². The van der Waals surface area contributed by atoms with Gasteiger partial charge in [-0.15, -0.1) is 0 Å². The monoisotopic (exact) mass is 491 g/mol. The van der Waals surface area contributed by atoms with E-state index < -0.39 is 5.91 Å². The molecule has 3 aromatic rings. The van der Waals surface area contributed by atoms with Crippen molar-refractivity contribution in [1.29, 1.82) is 5.26 Å². The lowest BCUT2D eigenvalue weighted by Crippen LogP contribution is -2.20. The molecule has 0 atom stereocenters. The van der Waals surface area contributed by atoms with Gasteiger partial charge in [0.2, 0.25) is 0 Å². The van der Waals surface area contributed by atoms with Crippen LogP contribution in [0.15, 0.2) is 72.3 Å². The topological polar surface area (TPSA) is 110 Å². The van der Waals surface area contributed by atoms with Crippen LogP contribution in [0.25, 0.3) is 6.08 Å². The van der Waals surface area contributed by atoms with E-state index in [4.69, 9.17) is 25.8 Å². The zero-order valence-corrected chi connectivity index (χ0v) is 19.8. The number of hydrogen-bond donors (Lipinski definition) is 2. The first-order valence-corrected chi connectivity index (χ1v) is 10.7. The largest absolute Gasteiger partial charge is 0.495 e. The van der Waals surface area contributed by atoms with Crippen LogP contribution in [0.3, 0.4) is 0 Å². The summed E-state index contributed by atoms with van der Waals surface area (Å²) in [6.45, 7) is -0.271. The van der Waals surface area contributed by atoms with Gasteiger partial charge >= 0.3 is 0 Å². The van der Waals surface area contributed by atoms with E-state index >= 15 is 0 Å². The number of methoxy groups -OCH3 is 2. The number of ether oxygens (including phenoxy) is 3. The van der Waals surface area contributed by atoms with E-state index in [2.05, 4.69) is 10.6 Å². The summed E-state index contributed by atoms with van der Waals surface area (Å²) >= 11 is 6.06. The van der Waals surface area contributed by atoms with E-state index in [9.17, 15) is 14.9 Å². The first-order valence-electron chi connectivity index (χ1n) is 10.4. The molecule has 0 heterocycles. The van der Waals surface area contributed by atoms with Gasteiger partial charge in [-0.1, -0.05) is 41.9 Å². The van der Waals surface area contributed by atoms with Crippen LogP contribution in [0, 0.1) is 11.3 Å². The minimum Gasteiger partial charge on any atom is -0.495 e. The summed E-state index contributed by atoms with van der Waals surface area (Å²) in [5.74, 6) is 0.185. The Bertz CT molecular complexity index is 1300. The molecule has 0 spiro atoms. The molecule has 178 valence electrons. The van der Waals surface area contributed by atoms with Crippen molar-refractivity contribution in [2.45, 2.75) is 0 Å². The average Bonchev–Trinajstić information content (AvgIpc) is 2.87. The van der Waals surface area contributed by atoms with E-state index in [-0.39, 0.29) is 18.1 Å². The number of amides is 2. The molecule has 0 aliphatic rings. The standard InChI is InChI=1S/C26H22ClN3O5/c1-33-22-10-6-5-9-21(22)29-25(31)16-35-23-12-11-17(14-24(23)34-2)13-18(15-28)26(32)30-20-8-4-3-7-19(20)27/h3-14H,16H2,1-2H3,(H,29,31)(H,30,32). The van der Waals surface area contributed by atoms with Crippen LogP contribution in [0.4, 0.5) is 11.4 Å². The molecule has 3 rings (SSSR count). The van der Waals surface area contributed by atoms with Gasteiger partial charge in [-0.25, -0.2) is 0 Å². The lowest BCUT2D eigenvalue weighted by Gasteiger charge is -2.13. The van der Waals surface area contributed by atoms with Crippen LogP contribution in [0.1, 0.15) is 5.56 Å². The molecule has 0 fully saturated rings. The Labute approximate surface area is 207 Å². The molecule has 3 aromatic carbocycles. The molecular weight excluding hydrogens is 470 g/mol. The summed E-state index contributed by atoms with van der Waals surface area (Å²) in [5, 5.41) is 15.2. The molecule has 0 aliphatic carbocycles. The van der Waals surface area contributed by atoms with Gasteiger partial charge in [0, 0.05) is 0 Å². The van der Waals surface area contributed by atoms with Gasteiger partial charge in [0.25, 0.3) is 11.8 Å². The number of para-hydroxylation sites is 3. The molecule has 9 heteroatoms.